The van der Waals surface area contributed by atoms with Crippen molar-refractivity contribution < 1.29 is 9.90 Å². The lowest BCUT2D eigenvalue weighted by Crippen LogP contribution is -2.25. The molecule has 0 fully saturated rings. The van der Waals surface area contributed by atoms with Crippen LogP contribution in [0.1, 0.15) is 44.6 Å². The lowest BCUT2D eigenvalue weighted by atomic mass is 10.1. The monoisotopic (exact) mass is 289 g/mol. The maximum Gasteiger partial charge on any atom is 0.220 e. The molecule has 5 heteroatoms. The number of hydrogen-bond donors (Lipinski definition) is 3. The van der Waals surface area contributed by atoms with E-state index in [0.717, 1.165) is 35.9 Å². The highest BCUT2D eigenvalue weighted by Crippen LogP contribution is 2.20. The van der Waals surface area contributed by atoms with Crippen LogP contribution in [0.25, 0.3) is 11.0 Å². The quantitative estimate of drug-likeness (QED) is 0.654. The normalized spacial score (nSPS) is 10.9. The van der Waals surface area contributed by atoms with E-state index in [4.69, 9.17) is 0 Å². The molecule has 0 aromatic carbocycles. The molecular formula is C16H23N3O2. The van der Waals surface area contributed by atoms with Crippen molar-refractivity contribution in [1.82, 2.24) is 15.3 Å². The van der Waals surface area contributed by atoms with Gasteiger partial charge in [-0.2, -0.15) is 0 Å². The van der Waals surface area contributed by atoms with Crippen LogP contribution in [0, 0.1) is 0 Å². The summed E-state index contributed by atoms with van der Waals surface area (Å²) in [4.78, 5) is 18.9. The molecule has 5 nitrogen and oxygen atoms in total. The minimum Gasteiger partial charge on any atom is -0.506 e. The molecule has 3 N–H and O–H groups in total. The minimum absolute atomic E-state index is 0.118. The summed E-state index contributed by atoms with van der Waals surface area (Å²) < 4.78 is 0. The zero-order chi connectivity index (χ0) is 15.1. The van der Waals surface area contributed by atoms with Crippen LogP contribution in [0.5, 0.6) is 5.75 Å². The van der Waals surface area contributed by atoms with E-state index in [0.29, 0.717) is 13.0 Å². The molecule has 0 aliphatic heterocycles. The highest BCUT2D eigenvalue weighted by Gasteiger charge is 2.06. The Labute approximate surface area is 124 Å². The summed E-state index contributed by atoms with van der Waals surface area (Å²) in [5.41, 5.74) is 1.81. The van der Waals surface area contributed by atoms with Crippen molar-refractivity contribution in [2.75, 3.05) is 6.54 Å². The molecule has 0 spiro atoms. The number of rotatable bonds is 8. The van der Waals surface area contributed by atoms with Gasteiger partial charge in [0, 0.05) is 24.5 Å². The molecule has 114 valence electrons. The number of carbonyl (C=O) groups is 1. The number of carbonyl (C=O) groups excluding carboxylic acids is 1. The van der Waals surface area contributed by atoms with Crippen molar-refractivity contribution in [1.29, 1.82) is 0 Å². The van der Waals surface area contributed by atoms with Gasteiger partial charge in [0.1, 0.15) is 11.4 Å². The number of aromatic nitrogens is 2. The van der Waals surface area contributed by atoms with Gasteiger partial charge in [0.25, 0.3) is 0 Å². The van der Waals surface area contributed by atoms with E-state index in [-0.39, 0.29) is 11.7 Å². The zero-order valence-electron chi connectivity index (χ0n) is 12.5. The topological polar surface area (TPSA) is 78.0 Å². The molecule has 2 aromatic rings. The maximum atomic E-state index is 11.7. The molecular weight excluding hydrogens is 266 g/mol. The van der Waals surface area contributed by atoms with Crippen LogP contribution in [0.15, 0.2) is 18.5 Å². The van der Waals surface area contributed by atoms with E-state index in [2.05, 4.69) is 22.2 Å². The summed E-state index contributed by atoms with van der Waals surface area (Å²) in [5.74, 6) is 0.273. The number of amides is 1. The summed E-state index contributed by atoms with van der Waals surface area (Å²) >= 11 is 0. The first kappa shape index (κ1) is 15.4. The summed E-state index contributed by atoms with van der Waals surface area (Å²) in [6, 6.07) is 1.70. The van der Waals surface area contributed by atoms with Crippen LogP contribution in [-0.2, 0) is 11.2 Å². The summed E-state index contributed by atoms with van der Waals surface area (Å²) in [6.45, 7) is 2.77. The van der Waals surface area contributed by atoms with Gasteiger partial charge in [0.15, 0.2) is 0 Å². The molecule has 0 aliphatic carbocycles. The van der Waals surface area contributed by atoms with Gasteiger partial charge in [-0.05, 0) is 24.5 Å². The number of nitrogens with one attached hydrogen (secondary N) is 2. The van der Waals surface area contributed by atoms with Crippen LogP contribution in [0.4, 0.5) is 0 Å². The molecule has 0 atom stereocenters. The fourth-order valence-corrected chi connectivity index (χ4v) is 2.39. The highest BCUT2D eigenvalue weighted by molar-refractivity contribution is 5.81. The van der Waals surface area contributed by atoms with E-state index in [9.17, 15) is 9.90 Å². The number of pyridine rings is 1. The first-order valence-electron chi connectivity index (χ1n) is 7.62. The van der Waals surface area contributed by atoms with Gasteiger partial charge in [-0.3, -0.25) is 4.79 Å². The van der Waals surface area contributed by atoms with Crippen LogP contribution in [0.3, 0.4) is 0 Å². The standard InChI is InChI=1S/C16H23N3O2/c1-2-3-4-5-6-15(21)17-8-7-12-10-18-16-14(12)9-13(20)11-19-16/h9-11,20H,2-8H2,1H3,(H,17,21)(H,18,19). The Kier molecular flexibility index (Phi) is 5.60. The molecule has 2 rings (SSSR count). The Morgan fingerprint density at radius 1 is 1.38 bits per heavy atom. The Morgan fingerprint density at radius 2 is 2.24 bits per heavy atom. The summed E-state index contributed by atoms with van der Waals surface area (Å²) in [7, 11) is 0. The van der Waals surface area contributed by atoms with Gasteiger partial charge >= 0.3 is 0 Å². The molecule has 0 unspecified atom stereocenters. The summed E-state index contributed by atoms with van der Waals surface area (Å²) in [6.07, 6.45) is 9.09. The second-order valence-corrected chi connectivity index (χ2v) is 5.31. The first-order chi connectivity index (χ1) is 10.2. The third-order valence-electron chi connectivity index (χ3n) is 3.58. The van der Waals surface area contributed by atoms with Gasteiger partial charge in [-0.15, -0.1) is 0 Å². The SMILES string of the molecule is CCCCCCC(=O)NCCc1c[nH]c2ncc(O)cc12. The average Bonchev–Trinajstić information content (AvgIpc) is 2.86. The van der Waals surface area contributed by atoms with Crippen molar-refractivity contribution in [3.63, 3.8) is 0 Å². The molecule has 0 bridgehead atoms. The molecule has 0 radical (unpaired) electrons. The first-order valence-corrected chi connectivity index (χ1v) is 7.62. The molecule has 2 aromatic heterocycles. The van der Waals surface area contributed by atoms with Crippen LogP contribution >= 0.6 is 0 Å². The van der Waals surface area contributed by atoms with Crippen molar-refractivity contribution in [2.45, 2.75) is 45.4 Å². The Balaban J connectivity index is 1.77. The second-order valence-electron chi connectivity index (χ2n) is 5.31. The molecule has 0 saturated carbocycles. The smallest absolute Gasteiger partial charge is 0.220 e. The lowest BCUT2D eigenvalue weighted by molar-refractivity contribution is -0.121. The van der Waals surface area contributed by atoms with Gasteiger partial charge in [0.05, 0.1) is 6.20 Å². The number of fused-ring (bicyclic) bond motifs is 1. The van der Waals surface area contributed by atoms with Gasteiger partial charge in [-0.25, -0.2) is 4.98 Å². The number of unbranched alkanes of at least 4 members (excludes halogenated alkanes) is 3. The fourth-order valence-electron chi connectivity index (χ4n) is 2.39. The van der Waals surface area contributed by atoms with Gasteiger partial charge in [-0.1, -0.05) is 26.2 Å². The predicted molar refractivity (Wildman–Crippen MR) is 83.2 cm³/mol. The van der Waals surface area contributed by atoms with Crippen LogP contribution in [-0.4, -0.2) is 27.5 Å². The van der Waals surface area contributed by atoms with Crippen molar-refractivity contribution in [3.05, 3.63) is 24.0 Å². The lowest BCUT2D eigenvalue weighted by Gasteiger charge is -2.04. The zero-order valence-corrected chi connectivity index (χ0v) is 12.5. The number of aromatic amines is 1. The largest absolute Gasteiger partial charge is 0.506 e. The number of H-pyrrole nitrogens is 1. The number of nitrogens with zero attached hydrogens (tertiary/aromatic N) is 1. The fraction of sp³-hybridized carbons (Fsp3) is 0.500. The van der Waals surface area contributed by atoms with E-state index < -0.39 is 0 Å². The number of aromatic hydroxyl groups is 1. The Morgan fingerprint density at radius 3 is 3.05 bits per heavy atom. The Hall–Kier alpha value is -2.04. The van der Waals surface area contributed by atoms with E-state index in [1.165, 1.54) is 19.0 Å². The minimum atomic E-state index is 0.118. The number of hydrogen-bond acceptors (Lipinski definition) is 3. The predicted octanol–water partition coefficient (Wildman–Crippen LogP) is 2.90. The third-order valence-corrected chi connectivity index (χ3v) is 3.58. The molecule has 0 saturated heterocycles. The highest BCUT2D eigenvalue weighted by atomic mass is 16.3. The third kappa shape index (κ3) is 4.48. The second kappa shape index (κ2) is 7.67. The van der Waals surface area contributed by atoms with Crippen LogP contribution in [0.2, 0.25) is 0 Å². The maximum absolute atomic E-state index is 11.7. The van der Waals surface area contributed by atoms with Crippen molar-refractivity contribution in [2.24, 2.45) is 0 Å². The van der Waals surface area contributed by atoms with E-state index in [1.54, 1.807) is 6.07 Å². The van der Waals surface area contributed by atoms with Crippen molar-refractivity contribution >= 4 is 16.9 Å². The molecule has 21 heavy (non-hydrogen) atoms. The molecule has 0 aliphatic rings. The Bertz CT molecular complexity index is 592. The van der Waals surface area contributed by atoms with E-state index in [1.807, 2.05) is 6.20 Å². The van der Waals surface area contributed by atoms with Crippen molar-refractivity contribution in [3.8, 4) is 5.75 Å². The summed E-state index contributed by atoms with van der Waals surface area (Å²) in [5, 5.41) is 13.3. The van der Waals surface area contributed by atoms with Crippen LogP contribution < -0.4 is 5.32 Å². The van der Waals surface area contributed by atoms with Gasteiger partial charge < -0.3 is 15.4 Å². The van der Waals surface area contributed by atoms with E-state index >= 15 is 0 Å². The van der Waals surface area contributed by atoms with Gasteiger partial charge in [0.2, 0.25) is 5.91 Å². The molecule has 2 heterocycles. The average molecular weight is 289 g/mol. The molecule has 1 amide bonds.